The molecule has 0 bridgehead atoms. The van der Waals surface area contributed by atoms with Gasteiger partial charge >= 0.3 is 12.0 Å². The molecule has 0 spiro atoms. The van der Waals surface area contributed by atoms with Crippen molar-refractivity contribution in [1.82, 2.24) is 9.97 Å². The van der Waals surface area contributed by atoms with Gasteiger partial charge in [0, 0.05) is 5.69 Å². The van der Waals surface area contributed by atoms with E-state index in [1.54, 1.807) is 31.2 Å². The Kier molecular flexibility index (Phi) is 3.61. The Morgan fingerprint density at radius 3 is 2.53 bits per heavy atom. The van der Waals surface area contributed by atoms with Crippen LogP contribution >= 0.6 is 0 Å². The number of aryl methyl sites for hydroxylation is 1. The first-order valence-electron chi connectivity index (χ1n) is 5.50. The van der Waals surface area contributed by atoms with Gasteiger partial charge in [0.1, 0.15) is 0 Å². The molecule has 0 atom stereocenters. The Morgan fingerprint density at radius 2 is 1.89 bits per heavy atom. The Labute approximate surface area is 109 Å². The minimum absolute atomic E-state index is 0.0260. The van der Waals surface area contributed by atoms with E-state index in [-0.39, 0.29) is 11.7 Å². The van der Waals surface area contributed by atoms with E-state index in [1.165, 1.54) is 13.2 Å². The first kappa shape index (κ1) is 12.8. The van der Waals surface area contributed by atoms with Gasteiger partial charge in [0.15, 0.2) is 17.2 Å². The summed E-state index contributed by atoms with van der Waals surface area (Å²) >= 11 is 0. The average Bonchev–Trinajstić information content (AvgIpc) is 2.38. The lowest BCUT2D eigenvalue weighted by molar-refractivity contribution is 0.0689. The minimum Gasteiger partial charge on any atom is -0.493 e. The highest BCUT2D eigenvalue weighted by atomic mass is 16.5. The quantitative estimate of drug-likeness (QED) is 0.908. The summed E-state index contributed by atoms with van der Waals surface area (Å²) in [5.74, 6) is -0.188. The second-order valence-corrected chi connectivity index (χ2v) is 3.74. The van der Waals surface area contributed by atoms with Gasteiger partial charge in [-0.3, -0.25) is 0 Å². The molecule has 1 aromatic carbocycles. The lowest BCUT2D eigenvalue weighted by Gasteiger charge is -2.09. The van der Waals surface area contributed by atoms with E-state index in [0.29, 0.717) is 17.2 Å². The summed E-state index contributed by atoms with van der Waals surface area (Å²) in [6.45, 7) is 1.67. The largest absolute Gasteiger partial charge is 0.493 e. The second kappa shape index (κ2) is 5.34. The molecule has 2 aromatic rings. The van der Waals surface area contributed by atoms with Gasteiger partial charge in [-0.25, -0.2) is 9.78 Å². The SMILES string of the molecule is COc1ccccc1Oc1nc(C)cc(C(=O)O)n1. The first-order valence-corrected chi connectivity index (χ1v) is 5.50. The normalized spacial score (nSPS) is 10.0. The molecule has 0 saturated carbocycles. The maximum absolute atomic E-state index is 10.9. The Bertz CT molecular complexity index is 613. The van der Waals surface area contributed by atoms with Gasteiger partial charge in [-0.2, -0.15) is 4.98 Å². The number of para-hydroxylation sites is 2. The van der Waals surface area contributed by atoms with E-state index in [2.05, 4.69) is 9.97 Å². The van der Waals surface area contributed by atoms with E-state index in [9.17, 15) is 4.79 Å². The summed E-state index contributed by atoms with van der Waals surface area (Å²) in [5, 5.41) is 8.93. The lowest BCUT2D eigenvalue weighted by Crippen LogP contribution is -2.04. The molecule has 0 aliphatic rings. The van der Waals surface area contributed by atoms with Crippen LogP contribution in [0.25, 0.3) is 0 Å². The van der Waals surface area contributed by atoms with Crippen LogP contribution in [0, 0.1) is 6.92 Å². The van der Waals surface area contributed by atoms with Crippen LogP contribution in [0.3, 0.4) is 0 Å². The zero-order valence-corrected chi connectivity index (χ0v) is 10.5. The van der Waals surface area contributed by atoms with Crippen molar-refractivity contribution < 1.29 is 19.4 Å². The van der Waals surface area contributed by atoms with E-state index >= 15 is 0 Å². The van der Waals surface area contributed by atoms with Crippen LogP contribution in [0.2, 0.25) is 0 Å². The zero-order chi connectivity index (χ0) is 13.8. The summed E-state index contributed by atoms with van der Waals surface area (Å²) in [4.78, 5) is 18.8. The second-order valence-electron chi connectivity index (χ2n) is 3.74. The standard InChI is InChI=1S/C13H12N2O4/c1-8-7-9(12(16)17)15-13(14-8)19-11-6-4-3-5-10(11)18-2/h3-7H,1-2H3,(H,16,17). The fourth-order valence-corrected chi connectivity index (χ4v) is 1.50. The van der Waals surface area contributed by atoms with Crippen LogP contribution in [0.15, 0.2) is 30.3 Å². The smallest absolute Gasteiger partial charge is 0.354 e. The predicted octanol–water partition coefficient (Wildman–Crippen LogP) is 2.28. The number of nitrogens with zero attached hydrogens (tertiary/aromatic N) is 2. The van der Waals surface area contributed by atoms with Gasteiger partial charge in [0.25, 0.3) is 0 Å². The number of ether oxygens (including phenoxy) is 2. The summed E-state index contributed by atoms with van der Waals surface area (Å²) in [5.41, 5.74) is 0.398. The molecule has 1 aromatic heterocycles. The number of benzene rings is 1. The number of carboxylic acids is 1. The Balaban J connectivity index is 2.35. The van der Waals surface area contributed by atoms with Crippen molar-refractivity contribution in [3.63, 3.8) is 0 Å². The molecule has 0 aliphatic heterocycles. The predicted molar refractivity (Wildman–Crippen MR) is 66.8 cm³/mol. The third kappa shape index (κ3) is 2.98. The molecular formula is C13H12N2O4. The molecule has 0 unspecified atom stereocenters. The van der Waals surface area contributed by atoms with Crippen LogP contribution in [0.5, 0.6) is 17.5 Å². The number of carboxylic acid groups (broad SMARTS) is 1. The summed E-state index contributed by atoms with van der Waals surface area (Å²) in [7, 11) is 1.52. The molecule has 0 amide bonds. The highest BCUT2D eigenvalue weighted by molar-refractivity contribution is 5.85. The Hall–Kier alpha value is -2.63. The molecule has 6 nitrogen and oxygen atoms in total. The number of hydrogen-bond donors (Lipinski definition) is 1. The molecule has 0 aliphatic carbocycles. The van der Waals surface area contributed by atoms with Gasteiger partial charge in [0.2, 0.25) is 0 Å². The van der Waals surface area contributed by atoms with Crippen molar-refractivity contribution in [2.75, 3.05) is 7.11 Å². The van der Waals surface area contributed by atoms with Crippen molar-refractivity contribution >= 4 is 5.97 Å². The summed E-state index contributed by atoms with van der Waals surface area (Å²) in [6, 6.07) is 8.32. The first-order chi connectivity index (χ1) is 9.10. The van der Waals surface area contributed by atoms with Gasteiger partial charge in [-0.1, -0.05) is 12.1 Å². The molecule has 98 valence electrons. The number of methoxy groups -OCH3 is 1. The molecule has 6 heteroatoms. The number of aromatic carboxylic acids is 1. The third-order valence-electron chi connectivity index (χ3n) is 2.32. The molecule has 1 N–H and O–H groups in total. The topological polar surface area (TPSA) is 81.5 Å². The van der Waals surface area contributed by atoms with E-state index in [0.717, 1.165) is 0 Å². The van der Waals surface area contributed by atoms with Gasteiger partial charge in [-0.15, -0.1) is 0 Å². The monoisotopic (exact) mass is 260 g/mol. The summed E-state index contributed by atoms with van der Waals surface area (Å²) < 4.78 is 10.6. The van der Waals surface area contributed by atoms with Crippen molar-refractivity contribution in [3.05, 3.63) is 41.7 Å². The van der Waals surface area contributed by atoms with Crippen LogP contribution in [-0.4, -0.2) is 28.2 Å². The fourth-order valence-electron chi connectivity index (χ4n) is 1.50. The maximum atomic E-state index is 10.9. The molecule has 0 radical (unpaired) electrons. The number of aromatic nitrogens is 2. The maximum Gasteiger partial charge on any atom is 0.354 e. The van der Waals surface area contributed by atoms with Crippen molar-refractivity contribution in [1.29, 1.82) is 0 Å². The van der Waals surface area contributed by atoms with Gasteiger partial charge in [0.05, 0.1) is 7.11 Å². The number of carbonyl (C=O) groups is 1. The van der Waals surface area contributed by atoms with Gasteiger partial charge in [-0.05, 0) is 25.1 Å². The van der Waals surface area contributed by atoms with E-state index < -0.39 is 5.97 Å². The number of rotatable bonds is 4. The van der Waals surface area contributed by atoms with E-state index in [4.69, 9.17) is 14.6 Å². The molecular weight excluding hydrogens is 248 g/mol. The van der Waals surface area contributed by atoms with Crippen LogP contribution in [0.4, 0.5) is 0 Å². The van der Waals surface area contributed by atoms with Crippen LogP contribution in [0.1, 0.15) is 16.2 Å². The third-order valence-corrected chi connectivity index (χ3v) is 2.32. The zero-order valence-electron chi connectivity index (χ0n) is 10.5. The van der Waals surface area contributed by atoms with E-state index in [1.807, 2.05) is 0 Å². The number of hydrogen-bond acceptors (Lipinski definition) is 5. The molecule has 2 rings (SSSR count). The molecule has 1 heterocycles. The summed E-state index contributed by atoms with van der Waals surface area (Å²) in [6.07, 6.45) is 0. The molecule has 0 fully saturated rings. The van der Waals surface area contributed by atoms with Crippen molar-refractivity contribution in [2.24, 2.45) is 0 Å². The van der Waals surface area contributed by atoms with Crippen molar-refractivity contribution in [3.8, 4) is 17.5 Å². The molecule has 0 saturated heterocycles. The minimum atomic E-state index is -1.13. The Morgan fingerprint density at radius 1 is 1.21 bits per heavy atom. The molecule has 19 heavy (non-hydrogen) atoms. The fraction of sp³-hybridized carbons (Fsp3) is 0.154. The van der Waals surface area contributed by atoms with Crippen LogP contribution < -0.4 is 9.47 Å². The van der Waals surface area contributed by atoms with Gasteiger partial charge < -0.3 is 14.6 Å². The highest BCUT2D eigenvalue weighted by Crippen LogP contribution is 2.29. The lowest BCUT2D eigenvalue weighted by atomic mass is 10.3. The van der Waals surface area contributed by atoms with Crippen LogP contribution in [-0.2, 0) is 0 Å². The van der Waals surface area contributed by atoms with Crippen molar-refractivity contribution in [2.45, 2.75) is 6.92 Å². The highest BCUT2D eigenvalue weighted by Gasteiger charge is 2.12. The average molecular weight is 260 g/mol.